The number of rotatable bonds is 3. The molecular formula is C28H28N+. The molecule has 29 heavy (non-hydrogen) atoms. The fourth-order valence-electron chi connectivity index (χ4n) is 5.05. The molecule has 0 aliphatic heterocycles. The Hall–Kier alpha value is -2.93. The smallest absolute Gasteiger partial charge is 0.196 e. The van der Waals surface area contributed by atoms with Crippen LogP contribution in [0.25, 0.3) is 33.2 Å². The lowest BCUT2D eigenvalue weighted by Crippen LogP contribution is -2.38. The number of hydrogen-bond donors (Lipinski definition) is 0. The van der Waals surface area contributed by atoms with Gasteiger partial charge in [-0.15, -0.1) is 0 Å². The van der Waals surface area contributed by atoms with Crippen LogP contribution in [0.1, 0.15) is 56.3 Å². The van der Waals surface area contributed by atoms with Gasteiger partial charge in [-0.3, -0.25) is 0 Å². The predicted octanol–water partition coefficient (Wildman–Crippen LogP) is 7.07. The number of fused-ring (bicyclic) bond motifs is 4. The van der Waals surface area contributed by atoms with E-state index in [2.05, 4.69) is 105 Å². The van der Waals surface area contributed by atoms with E-state index < -0.39 is 0 Å². The van der Waals surface area contributed by atoms with E-state index in [1.807, 2.05) is 0 Å². The average Bonchev–Trinajstić information content (AvgIpc) is 3.10. The van der Waals surface area contributed by atoms with Gasteiger partial charge in [-0.05, 0) is 71.5 Å². The molecule has 1 nitrogen and oxygen atoms in total. The zero-order valence-electron chi connectivity index (χ0n) is 17.7. The summed E-state index contributed by atoms with van der Waals surface area (Å²) in [5.74, 6) is 0.467. The van der Waals surface area contributed by atoms with E-state index in [0.717, 1.165) is 6.42 Å². The van der Waals surface area contributed by atoms with E-state index in [-0.39, 0.29) is 0 Å². The summed E-state index contributed by atoms with van der Waals surface area (Å²) in [6.45, 7) is 9.23. The molecule has 4 aromatic rings. The fourth-order valence-corrected chi connectivity index (χ4v) is 5.05. The maximum absolute atomic E-state index is 2.44. The minimum atomic E-state index is 0.403. The molecule has 0 amide bonds. The van der Waals surface area contributed by atoms with Crippen molar-refractivity contribution in [2.24, 2.45) is 0 Å². The second-order valence-electron chi connectivity index (χ2n) is 8.79. The van der Waals surface area contributed by atoms with Crippen LogP contribution in [-0.2, 0) is 6.42 Å². The predicted molar refractivity (Wildman–Crippen MR) is 122 cm³/mol. The molecule has 1 heterocycles. The van der Waals surface area contributed by atoms with E-state index in [1.165, 1.54) is 49.8 Å². The highest BCUT2D eigenvalue weighted by atomic mass is 15.0. The number of nitrogens with zero attached hydrogens (tertiary/aromatic N) is 1. The monoisotopic (exact) mass is 378 g/mol. The van der Waals surface area contributed by atoms with Crippen LogP contribution < -0.4 is 4.57 Å². The second kappa shape index (κ2) is 6.84. The third kappa shape index (κ3) is 2.80. The third-order valence-electron chi connectivity index (χ3n) is 6.31. The number of aromatic nitrogens is 1. The minimum Gasteiger partial charge on any atom is -0.196 e. The van der Waals surface area contributed by atoms with E-state index >= 15 is 0 Å². The first kappa shape index (κ1) is 18.1. The van der Waals surface area contributed by atoms with Gasteiger partial charge in [0.15, 0.2) is 12.2 Å². The van der Waals surface area contributed by atoms with Gasteiger partial charge >= 0.3 is 0 Å². The lowest BCUT2D eigenvalue weighted by Gasteiger charge is -2.19. The maximum atomic E-state index is 2.44. The Morgan fingerprint density at radius 1 is 0.724 bits per heavy atom. The van der Waals surface area contributed by atoms with Crippen molar-refractivity contribution >= 4 is 10.8 Å². The summed E-state index contributed by atoms with van der Waals surface area (Å²) < 4.78 is 2.44. The molecule has 1 aromatic heterocycles. The van der Waals surface area contributed by atoms with Gasteiger partial charge < -0.3 is 0 Å². The molecule has 1 aliphatic rings. The average molecular weight is 379 g/mol. The van der Waals surface area contributed by atoms with E-state index in [9.17, 15) is 0 Å². The van der Waals surface area contributed by atoms with Crippen molar-refractivity contribution < 1.29 is 4.57 Å². The number of pyridine rings is 1. The topological polar surface area (TPSA) is 3.88 Å². The van der Waals surface area contributed by atoms with Gasteiger partial charge in [0.1, 0.15) is 0 Å². The summed E-state index contributed by atoms with van der Waals surface area (Å²) in [5, 5.41) is 2.64. The maximum Gasteiger partial charge on any atom is 0.220 e. The van der Waals surface area contributed by atoms with Crippen molar-refractivity contribution in [3.05, 3.63) is 89.6 Å². The summed E-state index contributed by atoms with van der Waals surface area (Å²) in [6, 6.07) is 25.1. The second-order valence-corrected chi connectivity index (χ2v) is 8.79. The molecule has 0 atom stereocenters. The molecule has 5 rings (SSSR count). The number of benzene rings is 3. The van der Waals surface area contributed by atoms with Gasteiger partial charge in [-0.2, -0.15) is 4.57 Å². The molecular weight excluding hydrogens is 350 g/mol. The molecule has 0 spiro atoms. The van der Waals surface area contributed by atoms with Crippen molar-refractivity contribution in [2.45, 2.75) is 46.1 Å². The van der Waals surface area contributed by atoms with Gasteiger partial charge in [0.25, 0.3) is 0 Å². The highest BCUT2D eigenvalue weighted by Crippen LogP contribution is 2.44. The zero-order chi connectivity index (χ0) is 20.1. The first-order valence-corrected chi connectivity index (χ1v) is 10.7. The zero-order valence-corrected chi connectivity index (χ0v) is 17.7. The largest absolute Gasteiger partial charge is 0.220 e. The minimum absolute atomic E-state index is 0.403. The first-order chi connectivity index (χ1) is 14.1. The summed E-state index contributed by atoms with van der Waals surface area (Å²) in [6.07, 6.45) is 3.30. The van der Waals surface area contributed by atoms with Crippen LogP contribution >= 0.6 is 0 Å². The highest BCUT2D eigenvalue weighted by Gasteiger charge is 2.29. The van der Waals surface area contributed by atoms with Crippen LogP contribution in [-0.4, -0.2) is 0 Å². The highest BCUT2D eigenvalue weighted by molar-refractivity contribution is 5.95. The van der Waals surface area contributed by atoms with E-state index in [4.69, 9.17) is 0 Å². The molecule has 1 aliphatic carbocycles. The SMILES string of the molecule is CC(C)c1c(-c2c3ccccc3cc[n+]2C(C)C)ccc2c1Cc1ccccc1-2. The summed E-state index contributed by atoms with van der Waals surface area (Å²) in [5.41, 5.74) is 10.0. The Morgan fingerprint density at radius 3 is 2.24 bits per heavy atom. The van der Waals surface area contributed by atoms with Crippen LogP contribution in [0.5, 0.6) is 0 Å². The Balaban J connectivity index is 1.85. The van der Waals surface area contributed by atoms with Gasteiger partial charge in [0.05, 0.1) is 10.9 Å². The van der Waals surface area contributed by atoms with Crippen LogP contribution in [0, 0.1) is 0 Å². The number of hydrogen-bond acceptors (Lipinski definition) is 0. The fraction of sp³-hybridized carbons (Fsp3) is 0.250. The molecule has 0 bridgehead atoms. The summed E-state index contributed by atoms with van der Waals surface area (Å²) >= 11 is 0. The quantitative estimate of drug-likeness (QED) is 0.296. The van der Waals surface area contributed by atoms with Crippen molar-refractivity contribution in [3.8, 4) is 22.4 Å². The molecule has 0 N–H and O–H groups in total. The van der Waals surface area contributed by atoms with Crippen LogP contribution in [0.3, 0.4) is 0 Å². The van der Waals surface area contributed by atoms with Gasteiger partial charge in [-0.1, -0.05) is 62.4 Å². The summed E-state index contributed by atoms with van der Waals surface area (Å²) in [4.78, 5) is 0. The van der Waals surface area contributed by atoms with Gasteiger partial charge in [0, 0.05) is 6.07 Å². The molecule has 0 saturated heterocycles. The molecule has 0 unspecified atom stereocenters. The van der Waals surface area contributed by atoms with Crippen molar-refractivity contribution in [2.75, 3.05) is 0 Å². The first-order valence-electron chi connectivity index (χ1n) is 10.7. The van der Waals surface area contributed by atoms with Gasteiger partial charge in [0.2, 0.25) is 5.69 Å². The third-order valence-corrected chi connectivity index (χ3v) is 6.31. The molecule has 0 fully saturated rings. The standard InChI is InChI=1S/C28H28N/c1-18(2)27-25(14-13-24-22-11-7-6-10-21(22)17-26(24)27)28-23-12-8-5-9-20(23)15-16-29(28)19(3)4/h5-16,18-19H,17H2,1-4H3/q+1. The Labute approximate surface area is 173 Å². The van der Waals surface area contributed by atoms with Crippen LogP contribution in [0.2, 0.25) is 0 Å². The van der Waals surface area contributed by atoms with E-state index in [0.29, 0.717) is 12.0 Å². The normalized spacial score (nSPS) is 12.6. The van der Waals surface area contributed by atoms with Crippen molar-refractivity contribution in [3.63, 3.8) is 0 Å². The molecule has 1 heteroatoms. The van der Waals surface area contributed by atoms with E-state index in [1.54, 1.807) is 0 Å². The molecule has 0 radical (unpaired) electrons. The summed E-state index contributed by atoms with van der Waals surface area (Å²) in [7, 11) is 0. The molecule has 0 saturated carbocycles. The van der Waals surface area contributed by atoms with Crippen LogP contribution in [0.15, 0.2) is 72.9 Å². The van der Waals surface area contributed by atoms with Crippen LogP contribution in [0.4, 0.5) is 0 Å². The Kier molecular flexibility index (Phi) is 4.28. The lowest BCUT2D eigenvalue weighted by molar-refractivity contribution is -0.704. The molecule has 3 aromatic carbocycles. The Bertz CT molecular complexity index is 1230. The van der Waals surface area contributed by atoms with Crippen molar-refractivity contribution in [1.29, 1.82) is 0 Å². The van der Waals surface area contributed by atoms with Crippen molar-refractivity contribution in [1.82, 2.24) is 0 Å². The Morgan fingerprint density at radius 2 is 1.45 bits per heavy atom. The molecule has 144 valence electrons. The lowest BCUT2D eigenvalue weighted by atomic mass is 9.86. The van der Waals surface area contributed by atoms with Gasteiger partial charge in [-0.25, -0.2) is 0 Å².